The molecule has 122 valence electrons. The Balaban J connectivity index is 1.87. The maximum Gasteiger partial charge on any atom is 0.251 e. The number of amides is 1. The summed E-state index contributed by atoms with van der Waals surface area (Å²) in [5, 5.41) is 14.8. The van der Waals surface area contributed by atoms with Crippen LogP contribution in [-0.2, 0) is 17.8 Å². The quantitative estimate of drug-likeness (QED) is 0.937. The van der Waals surface area contributed by atoms with Crippen LogP contribution in [0.15, 0.2) is 28.8 Å². The number of aliphatic hydroxyl groups excluding tert-OH is 1. The summed E-state index contributed by atoms with van der Waals surface area (Å²) in [6, 6.07) is 7.35. The van der Waals surface area contributed by atoms with Crippen molar-refractivity contribution in [2.24, 2.45) is 5.92 Å². The van der Waals surface area contributed by atoms with Crippen molar-refractivity contribution in [1.29, 1.82) is 0 Å². The van der Waals surface area contributed by atoms with Gasteiger partial charge in [-0.05, 0) is 18.1 Å². The third kappa shape index (κ3) is 3.12. The fourth-order valence-corrected chi connectivity index (χ4v) is 2.83. The highest BCUT2D eigenvalue weighted by atomic mass is 35.5. The summed E-state index contributed by atoms with van der Waals surface area (Å²) in [6.07, 6.45) is -0.373. The molecule has 6 heteroatoms. The average Bonchev–Trinajstić information content (AvgIpc) is 2.97. The number of aliphatic hydroxyl groups is 1. The van der Waals surface area contributed by atoms with Crippen LogP contribution in [0.25, 0.3) is 11.3 Å². The Hall–Kier alpha value is -1.85. The molecule has 1 amide bonds. The number of hydrogen-bond acceptors (Lipinski definition) is 4. The minimum atomic E-state index is -0.976. The lowest BCUT2D eigenvalue weighted by Gasteiger charge is -2.29. The molecule has 0 unspecified atom stereocenters. The van der Waals surface area contributed by atoms with Gasteiger partial charge in [0.2, 0.25) is 0 Å². The fourth-order valence-electron chi connectivity index (χ4n) is 2.70. The van der Waals surface area contributed by atoms with Crippen LogP contribution in [-0.4, -0.2) is 33.7 Å². The van der Waals surface area contributed by atoms with Crippen LogP contribution in [0.1, 0.15) is 25.2 Å². The highest BCUT2D eigenvalue weighted by molar-refractivity contribution is 6.30. The van der Waals surface area contributed by atoms with Crippen LogP contribution in [0.3, 0.4) is 0 Å². The van der Waals surface area contributed by atoms with Crippen LogP contribution in [0.5, 0.6) is 0 Å². The first-order valence-electron chi connectivity index (χ1n) is 7.67. The number of aromatic nitrogens is 1. The molecule has 0 fully saturated rings. The summed E-state index contributed by atoms with van der Waals surface area (Å²) >= 11 is 5.92. The molecule has 3 rings (SSSR count). The van der Waals surface area contributed by atoms with Gasteiger partial charge < -0.3 is 14.5 Å². The Morgan fingerprint density at radius 1 is 1.35 bits per heavy atom. The van der Waals surface area contributed by atoms with Crippen LogP contribution in [0.4, 0.5) is 0 Å². The second-order valence-electron chi connectivity index (χ2n) is 6.14. The van der Waals surface area contributed by atoms with Crippen molar-refractivity contribution in [2.75, 3.05) is 6.54 Å². The minimum absolute atomic E-state index is 0.109. The lowest BCUT2D eigenvalue weighted by molar-refractivity contribution is -0.143. The molecular weight excluding hydrogens is 316 g/mol. The van der Waals surface area contributed by atoms with E-state index in [9.17, 15) is 9.90 Å². The van der Waals surface area contributed by atoms with Gasteiger partial charge in [-0.3, -0.25) is 4.79 Å². The van der Waals surface area contributed by atoms with E-state index in [1.54, 1.807) is 17.0 Å². The molecule has 1 aliphatic heterocycles. The highest BCUT2D eigenvalue weighted by Gasteiger charge is 2.31. The second kappa shape index (κ2) is 6.34. The molecule has 0 aliphatic carbocycles. The first-order valence-corrected chi connectivity index (χ1v) is 8.05. The predicted octanol–water partition coefficient (Wildman–Crippen LogP) is 2.90. The molecule has 5 nitrogen and oxygen atoms in total. The van der Waals surface area contributed by atoms with Gasteiger partial charge in [-0.15, -0.1) is 0 Å². The van der Waals surface area contributed by atoms with Gasteiger partial charge in [0.05, 0.1) is 6.54 Å². The van der Waals surface area contributed by atoms with Gasteiger partial charge >= 0.3 is 0 Å². The number of rotatable bonds is 3. The van der Waals surface area contributed by atoms with E-state index in [0.717, 1.165) is 22.6 Å². The lowest BCUT2D eigenvalue weighted by atomic mass is 9.99. The van der Waals surface area contributed by atoms with Gasteiger partial charge in [0.15, 0.2) is 0 Å². The van der Waals surface area contributed by atoms with Crippen molar-refractivity contribution in [3.63, 3.8) is 0 Å². The molecule has 1 aromatic carbocycles. The Labute approximate surface area is 139 Å². The standard InChI is InChI=1S/C17H19ClN2O3/c1-10(2)16(21)17(22)20-8-7-14-13(9-20)15(19-23-14)11-3-5-12(18)6-4-11/h3-6,10,16,21H,7-9H2,1-2H3/t16-/m1/s1. The molecule has 23 heavy (non-hydrogen) atoms. The molecule has 0 saturated heterocycles. The SMILES string of the molecule is CC(C)[C@@H](O)C(=O)N1CCc2onc(-c3ccc(Cl)cc3)c2C1. The van der Waals surface area contributed by atoms with Crippen molar-refractivity contribution >= 4 is 17.5 Å². The van der Waals surface area contributed by atoms with Crippen molar-refractivity contribution in [2.45, 2.75) is 32.9 Å². The zero-order chi connectivity index (χ0) is 16.6. The molecular formula is C17H19ClN2O3. The van der Waals surface area contributed by atoms with E-state index in [-0.39, 0.29) is 11.8 Å². The zero-order valence-corrected chi connectivity index (χ0v) is 13.9. The topological polar surface area (TPSA) is 66.6 Å². The molecule has 1 N–H and O–H groups in total. The maximum atomic E-state index is 12.4. The first kappa shape index (κ1) is 16.0. The van der Waals surface area contributed by atoms with Gasteiger partial charge in [0.1, 0.15) is 17.6 Å². The number of hydrogen-bond donors (Lipinski definition) is 1. The average molecular weight is 335 g/mol. The molecule has 0 spiro atoms. The maximum absolute atomic E-state index is 12.4. The van der Waals surface area contributed by atoms with Crippen LogP contribution >= 0.6 is 11.6 Å². The normalized spacial score (nSPS) is 15.6. The van der Waals surface area contributed by atoms with Crippen molar-refractivity contribution in [1.82, 2.24) is 10.1 Å². The van der Waals surface area contributed by atoms with Gasteiger partial charge in [-0.2, -0.15) is 0 Å². The molecule has 2 heterocycles. The van der Waals surface area contributed by atoms with Crippen molar-refractivity contribution in [3.05, 3.63) is 40.6 Å². The van der Waals surface area contributed by atoms with Gasteiger partial charge in [-0.25, -0.2) is 0 Å². The molecule has 0 bridgehead atoms. The van der Waals surface area contributed by atoms with Crippen LogP contribution in [0.2, 0.25) is 5.02 Å². The number of carbonyl (C=O) groups is 1. The number of halogens is 1. The summed E-state index contributed by atoms with van der Waals surface area (Å²) in [4.78, 5) is 14.0. The molecule has 1 aromatic heterocycles. The van der Waals surface area contributed by atoms with E-state index in [2.05, 4.69) is 5.16 Å². The third-order valence-electron chi connectivity index (χ3n) is 4.14. The Morgan fingerprint density at radius 2 is 2.04 bits per heavy atom. The Bertz CT molecular complexity index is 709. The van der Waals surface area contributed by atoms with Gasteiger partial charge in [-0.1, -0.05) is 42.7 Å². The predicted molar refractivity (Wildman–Crippen MR) is 86.9 cm³/mol. The Kier molecular flexibility index (Phi) is 4.41. The number of benzene rings is 1. The monoisotopic (exact) mass is 334 g/mol. The van der Waals surface area contributed by atoms with Gasteiger partial charge in [0, 0.05) is 29.1 Å². The molecule has 0 radical (unpaired) electrons. The molecule has 2 aromatic rings. The van der Waals surface area contributed by atoms with Crippen LogP contribution in [0, 0.1) is 5.92 Å². The fraction of sp³-hybridized carbons (Fsp3) is 0.412. The number of nitrogens with zero attached hydrogens (tertiary/aromatic N) is 2. The number of fused-ring (bicyclic) bond motifs is 1. The van der Waals surface area contributed by atoms with E-state index in [0.29, 0.717) is 24.5 Å². The van der Waals surface area contributed by atoms with E-state index in [1.165, 1.54) is 0 Å². The minimum Gasteiger partial charge on any atom is -0.383 e. The van der Waals surface area contributed by atoms with Crippen molar-refractivity contribution in [3.8, 4) is 11.3 Å². The third-order valence-corrected chi connectivity index (χ3v) is 4.39. The highest BCUT2D eigenvalue weighted by Crippen LogP contribution is 2.31. The van der Waals surface area contributed by atoms with Crippen LogP contribution < -0.4 is 0 Å². The first-order chi connectivity index (χ1) is 11.0. The summed E-state index contributed by atoms with van der Waals surface area (Å²) in [5.74, 6) is 0.453. The second-order valence-corrected chi connectivity index (χ2v) is 6.57. The Morgan fingerprint density at radius 3 is 2.70 bits per heavy atom. The van der Waals surface area contributed by atoms with E-state index in [1.807, 2.05) is 26.0 Å². The smallest absolute Gasteiger partial charge is 0.251 e. The zero-order valence-electron chi connectivity index (χ0n) is 13.1. The summed E-state index contributed by atoms with van der Waals surface area (Å²) < 4.78 is 5.42. The summed E-state index contributed by atoms with van der Waals surface area (Å²) in [6.45, 7) is 4.59. The molecule has 1 aliphatic rings. The van der Waals surface area contributed by atoms with Gasteiger partial charge in [0.25, 0.3) is 5.91 Å². The van der Waals surface area contributed by atoms with E-state index in [4.69, 9.17) is 16.1 Å². The van der Waals surface area contributed by atoms with Crippen molar-refractivity contribution < 1.29 is 14.4 Å². The summed E-state index contributed by atoms with van der Waals surface area (Å²) in [7, 11) is 0. The largest absolute Gasteiger partial charge is 0.383 e. The van der Waals surface area contributed by atoms with E-state index >= 15 is 0 Å². The molecule has 1 atom stereocenters. The summed E-state index contributed by atoms with van der Waals surface area (Å²) in [5.41, 5.74) is 2.54. The molecule has 0 saturated carbocycles. The van der Waals surface area contributed by atoms with E-state index < -0.39 is 6.10 Å². The number of carbonyl (C=O) groups excluding carboxylic acids is 1. The lowest BCUT2D eigenvalue weighted by Crippen LogP contribution is -2.43.